The first kappa shape index (κ1) is 15.3. The van der Waals surface area contributed by atoms with Gasteiger partial charge in [-0.3, -0.25) is 14.6 Å². The second-order valence-electron chi connectivity index (χ2n) is 6.09. The summed E-state index contributed by atoms with van der Waals surface area (Å²) >= 11 is 1.81. The molecule has 24 heavy (non-hydrogen) atoms. The maximum atomic E-state index is 10.9. The summed E-state index contributed by atoms with van der Waals surface area (Å²) < 4.78 is 3.05. The maximum Gasteiger partial charge on any atom is 0.356 e. The predicted octanol–water partition coefficient (Wildman–Crippen LogP) is 3.03. The number of likely N-dealkylation sites (tertiary alicyclic amines) is 1. The van der Waals surface area contributed by atoms with Crippen LogP contribution >= 0.6 is 11.3 Å². The number of carbonyl (C=O) groups is 1. The van der Waals surface area contributed by atoms with Gasteiger partial charge in [0.05, 0.1) is 16.3 Å². The number of fused-ring (bicyclic) bond motifs is 1. The van der Waals surface area contributed by atoms with Crippen molar-refractivity contribution < 1.29 is 9.90 Å². The Balaban J connectivity index is 1.37. The predicted molar refractivity (Wildman–Crippen MR) is 92.4 cm³/mol. The number of piperidine rings is 1. The molecule has 6 nitrogen and oxygen atoms in total. The Morgan fingerprint density at radius 3 is 2.88 bits per heavy atom. The van der Waals surface area contributed by atoms with Crippen LogP contribution < -0.4 is 0 Å². The largest absolute Gasteiger partial charge is 0.476 e. The Bertz CT molecular complexity index is 831. The van der Waals surface area contributed by atoms with E-state index in [4.69, 9.17) is 5.11 Å². The molecule has 0 aromatic carbocycles. The minimum absolute atomic E-state index is 0.121. The van der Waals surface area contributed by atoms with Gasteiger partial charge in [0.25, 0.3) is 0 Å². The Labute approximate surface area is 143 Å². The normalized spacial score (nSPS) is 16.7. The topological polar surface area (TPSA) is 71.2 Å². The van der Waals surface area contributed by atoms with E-state index < -0.39 is 5.97 Å². The lowest BCUT2D eigenvalue weighted by molar-refractivity contribution is 0.0688. The third-order valence-corrected chi connectivity index (χ3v) is 5.55. The van der Waals surface area contributed by atoms with Gasteiger partial charge in [-0.15, -0.1) is 11.3 Å². The number of pyridine rings is 1. The van der Waals surface area contributed by atoms with Crippen molar-refractivity contribution in [2.75, 3.05) is 13.1 Å². The number of carboxylic acids is 1. The van der Waals surface area contributed by atoms with Crippen LogP contribution in [-0.2, 0) is 6.54 Å². The second-order valence-corrected chi connectivity index (χ2v) is 7.26. The van der Waals surface area contributed by atoms with E-state index in [0.29, 0.717) is 6.04 Å². The van der Waals surface area contributed by atoms with Crippen molar-refractivity contribution in [2.24, 2.45) is 0 Å². The lowest BCUT2D eigenvalue weighted by Gasteiger charge is -2.31. The molecule has 0 aliphatic carbocycles. The summed E-state index contributed by atoms with van der Waals surface area (Å²) in [5, 5.41) is 13.1. The molecule has 0 bridgehead atoms. The van der Waals surface area contributed by atoms with E-state index in [1.807, 2.05) is 28.3 Å². The van der Waals surface area contributed by atoms with Crippen molar-refractivity contribution in [3.05, 3.63) is 47.2 Å². The molecule has 1 aliphatic heterocycles. The summed E-state index contributed by atoms with van der Waals surface area (Å²) in [5.41, 5.74) is 1.19. The molecule has 0 radical (unpaired) electrons. The van der Waals surface area contributed by atoms with Crippen molar-refractivity contribution in [1.82, 2.24) is 19.7 Å². The smallest absolute Gasteiger partial charge is 0.356 e. The molecule has 124 valence electrons. The first-order valence-electron chi connectivity index (χ1n) is 8.03. The number of nitrogens with zero attached hydrogens (tertiary/aromatic N) is 4. The third kappa shape index (κ3) is 3.05. The molecule has 4 rings (SSSR count). The third-order valence-electron chi connectivity index (χ3n) is 4.48. The lowest BCUT2D eigenvalue weighted by Crippen LogP contribution is -2.34. The van der Waals surface area contributed by atoms with E-state index in [9.17, 15) is 4.79 Å². The highest BCUT2D eigenvalue weighted by Gasteiger charge is 2.22. The first-order valence-corrected chi connectivity index (χ1v) is 8.85. The van der Waals surface area contributed by atoms with Crippen LogP contribution in [0.5, 0.6) is 0 Å². The summed E-state index contributed by atoms with van der Waals surface area (Å²) in [6.07, 6.45) is 5.59. The van der Waals surface area contributed by atoms with Gasteiger partial charge in [-0.2, -0.15) is 5.10 Å². The van der Waals surface area contributed by atoms with Gasteiger partial charge in [-0.25, -0.2) is 4.79 Å². The number of carboxylic acid groups (broad SMARTS) is 1. The maximum absolute atomic E-state index is 10.9. The standard InChI is InChI=1S/C17H18N4O2S/c22-17(23)14-5-9-21(19-14)12-3-7-20(8-4-12)11-13-10-15-16(24-13)2-1-6-18-15/h1-2,5-6,9-10,12H,3-4,7-8,11H2,(H,22,23). The van der Waals surface area contributed by atoms with Crippen LogP contribution in [0.4, 0.5) is 0 Å². The Morgan fingerprint density at radius 1 is 1.33 bits per heavy atom. The molecule has 1 fully saturated rings. The summed E-state index contributed by atoms with van der Waals surface area (Å²) in [4.78, 5) is 19.1. The molecule has 0 spiro atoms. The minimum Gasteiger partial charge on any atom is -0.476 e. The molecule has 3 aromatic heterocycles. The van der Waals surface area contributed by atoms with Crippen molar-refractivity contribution >= 4 is 27.5 Å². The molecule has 0 saturated carbocycles. The molecule has 1 saturated heterocycles. The zero-order chi connectivity index (χ0) is 16.5. The van der Waals surface area contributed by atoms with Crippen molar-refractivity contribution in [3.8, 4) is 0 Å². The quantitative estimate of drug-likeness (QED) is 0.789. The number of rotatable bonds is 4. The molecule has 0 amide bonds. The number of aromatic nitrogens is 3. The Hall–Kier alpha value is -2.25. The van der Waals surface area contributed by atoms with Crippen LogP contribution in [0.25, 0.3) is 10.2 Å². The summed E-state index contributed by atoms with van der Waals surface area (Å²) in [5.74, 6) is -0.968. The number of hydrogen-bond acceptors (Lipinski definition) is 5. The number of thiophene rings is 1. The van der Waals surface area contributed by atoms with Gasteiger partial charge in [0.2, 0.25) is 0 Å². The van der Waals surface area contributed by atoms with E-state index in [-0.39, 0.29) is 5.69 Å². The lowest BCUT2D eigenvalue weighted by atomic mass is 10.1. The van der Waals surface area contributed by atoms with Gasteiger partial charge < -0.3 is 5.11 Å². The van der Waals surface area contributed by atoms with Gasteiger partial charge in [0.1, 0.15) is 0 Å². The summed E-state index contributed by atoms with van der Waals surface area (Å²) in [7, 11) is 0. The van der Waals surface area contributed by atoms with Crippen LogP contribution in [0.3, 0.4) is 0 Å². The summed E-state index contributed by atoms with van der Waals surface area (Å²) in [6.45, 7) is 2.94. The van der Waals surface area contributed by atoms with Crippen LogP contribution in [0.1, 0.15) is 34.2 Å². The highest BCUT2D eigenvalue weighted by Crippen LogP contribution is 2.27. The van der Waals surface area contributed by atoms with Crippen LogP contribution in [0.2, 0.25) is 0 Å². The van der Waals surface area contributed by atoms with Crippen molar-refractivity contribution in [1.29, 1.82) is 0 Å². The minimum atomic E-state index is -0.968. The zero-order valence-corrected chi connectivity index (χ0v) is 13.9. The molecule has 0 unspecified atom stereocenters. The Morgan fingerprint density at radius 2 is 2.17 bits per heavy atom. The molecule has 1 aliphatic rings. The van der Waals surface area contributed by atoms with Gasteiger partial charge in [-0.05, 0) is 37.1 Å². The molecule has 3 aromatic rings. The highest BCUT2D eigenvalue weighted by atomic mass is 32.1. The van der Waals surface area contributed by atoms with Crippen molar-refractivity contribution in [2.45, 2.75) is 25.4 Å². The van der Waals surface area contributed by atoms with Gasteiger partial charge in [0, 0.05) is 36.9 Å². The van der Waals surface area contributed by atoms with Crippen LogP contribution in [-0.4, -0.2) is 43.8 Å². The number of hydrogen-bond donors (Lipinski definition) is 1. The van der Waals surface area contributed by atoms with E-state index in [1.165, 1.54) is 9.58 Å². The molecule has 4 heterocycles. The Kier molecular flexibility index (Phi) is 4.03. The molecule has 1 N–H and O–H groups in total. The van der Waals surface area contributed by atoms with Crippen molar-refractivity contribution in [3.63, 3.8) is 0 Å². The van der Waals surface area contributed by atoms with E-state index in [1.54, 1.807) is 12.3 Å². The summed E-state index contributed by atoms with van der Waals surface area (Å²) in [6, 6.07) is 8.13. The fraction of sp³-hybridized carbons (Fsp3) is 0.353. The fourth-order valence-electron chi connectivity index (χ4n) is 3.22. The highest BCUT2D eigenvalue weighted by molar-refractivity contribution is 7.19. The van der Waals surface area contributed by atoms with E-state index in [2.05, 4.69) is 27.1 Å². The number of aromatic carboxylic acids is 1. The van der Waals surface area contributed by atoms with Crippen LogP contribution in [0.15, 0.2) is 36.7 Å². The van der Waals surface area contributed by atoms with E-state index >= 15 is 0 Å². The van der Waals surface area contributed by atoms with E-state index in [0.717, 1.165) is 38.0 Å². The zero-order valence-electron chi connectivity index (χ0n) is 13.1. The monoisotopic (exact) mass is 342 g/mol. The van der Waals surface area contributed by atoms with Gasteiger partial charge in [-0.1, -0.05) is 0 Å². The molecule has 0 atom stereocenters. The van der Waals surface area contributed by atoms with Gasteiger partial charge >= 0.3 is 5.97 Å². The average Bonchev–Trinajstić information content (AvgIpc) is 3.22. The van der Waals surface area contributed by atoms with Crippen LogP contribution in [0, 0.1) is 0 Å². The van der Waals surface area contributed by atoms with Gasteiger partial charge in [0.15, 0.2) is 5.69 Å². The SMILES string of the molecule is O=C(O)c1ccn(C2CCN(Cc3cc4ncccc4s3)CC2)n1. The first-order chi connectivity index (χ1) is 11.7. The second kappa shape index (κ2) is 6.33. The molecular formula is C17H18N4O2S. The average molecular weight is 342 g/mol. The molecule has 7 heteroatoms. The fourth-order valence-corrected chi connectivity index (χ4v) is 4.28. The molecular weight excluding hydrogens is 324 g/mol.